The van der Waals surface area contributed by atoms with Gasteiger partial charge in [0.25, 0.3) is 0 Å². The molecule has 0 spiro atoms. The third kappa shape index (κ3) is 1.11. The molecule has 1 aliphatic rings. The Labute approximate surface area is 63.6 Å². The predicted octanol–water partition coefficient (Wildman–Crippen LogP) is 0.278. The zero-order chi connectivity index (χ0) is 7.68. The molecule has 1 fully saturated rings. The number of nitrogens with one attached hydrogen (secondary N) is 1. The van der Waals surface area contributed by atoms with Crippen molar-refractivity contribution in [1.29, 1.82) is 0 Å². The lowest BCUT2D eigenvalue weighted by molar-refractivity contribution is -0.119. The first-order valence-corrected chi connectivity index (χ1v) is 3.51. The molecular formula is C7H8N2O2. The van der Waals surface area contributed by atoms with Crippen LogP contribution in [-0.2, 0) is 4.79 Å². The summed E-state index contributed by atoms with van der Waals surface area (Å²) in [4.78, 5) is 14.6. The van der Waals surface area contributed by atoms with Crippen molar-refractivity contribution in [3.05, 3.63) is 18.4 Å². The third-order valence-corrected chi connectivity index (χ3v) is 1.83. The lowest BCUT2D eigenvalue weighted by atomic mass is 10.1. The van der Waals surface area contributed by atoms with Crippen LogP contribution in [0.15, 0.2) is 17.0 Å². The van der Waals surface area contributed by atoms with Crippen LogP contribution in [0.4, 0.5) is 0 Å². The summed E-state index contributed by atoms with van der Waals surface area (Å²) >= 11 is 0. The highest BCUT2D eigenvalue weighted by Gasteiger charge is 2.25. The molecule has 1 aromatic rings. The molecule has 2 heterocycles. The maximum atomic E-state index is 10.8. The standard InChI is InChI=1S/C7H8N2O2/c10-7-1-5(2-9-7)6-3-8-4-11-6/h3-5H,1-2H2,(H,9,10). The molecule has 1 aromatic heterocycles. The quantitative estimate of drug-likeness (QED) is 0.628. The Kier molecular flexibility index (Phi) is 1.38. The van der Waals surface area contributed by atoms with Crippen LogP contribution in [0.1, 0.15) is 18.1 Å². The highest BCUT2D eigenvalue weighted by molar-refractivity contribution is 5.79. The molecule has 0 saturated carbocycles. The molecule has 4 nitrogen and oxygen atoms in total. The summed E-state index contributed by atoms with van der Waals surface area (Å²) in [5.41, 5.74) is 0. The molecule has 4 heteroatoms. The molecule has 2 rings (SSSR count). The van der Waals surface area contributed by atoms with Crippen LogP contribution in [0.5, 0.6) is 0 Å². The van der Waals surface area contributed by atoms with E-state index in [-0.39, 0.29) is 11.8 Å². The van der Waals surface area contributed by atoms with Gasteiger partial charge in [-0.15, -0.1) is 0 Å². The van der Waals surface area contributed by atoms with Crippen molar-refractivity contribution < 1.29 is 9.21 Å². The minimum absolute atomic E-state index is 0.0893. The number of carbonyl (C=O) groups is 1. The van der Waals surface area contributed by atoms with Gasteiger partial charge in [-0.25, -0.2) is 4.98 Å². The van der Waals surface area contributed by atoms with Crippen molar-refractivity contribution in [2.24, 2.45) is 0 Å². The first kappa shape index (κ1) is 6.39. The molecule has 1 aliphatic heterocycles. The number of carbonyl (C=O) groups excluding carboxylic acids is 1. The third-order valence-electron chi connectivity index (χ3n) is 1.83. The second kappa shape index (κ2) is 2.38. The molecule has 1 N–H and O–H groups in total. The Morgan fingerprint density at radius 3 is 3.18 bits per heavy atom. The average molecular weight is 152 g/mol. The second-order valence-corrected chi connectivity index (χ2v) is 2.61. The van der Waals surface area contributed by atoms with Crippen LogP contribution in [0.25, 0.3) is 0 Å². The van der Waals surface area contributed by atoms with E-state index in [4.69, 9.17) is 4.42 Å². The van der Waals surface area contributed by atoms with Crippen LogP contribution in [0, 0.1) is 0 Å². The topological polar surface area (TPSA) is 55.1 Å². The maximum absolute atomic E-state index is 10.8. The fourth-order valence-corrected chi connectivity index (χ4v) is 1.23. The highest BCUT2D eigenvalue weighted by atomic mass is 16.3. The average Bonchev–Trinajstić information content (AvgIpc) is 2.55. The van der Waals surface area contributed by atoms with Gasteiger partial charge in [0.05, 0.1) is 6.20 Å². The largest absolute Gasteiger partial charge is 0.448 e. The molecule has 1 amide bonds. The number of oxazole rings is 1. The van der Waals surface area contributed by atoms with Gasteiger partial charge in [0.1, 0.15) is 5.76 Å². The summed E-state index contributed by atoms with van der Waals surface area (Å²) in [5.74, 6) is 1.07. The molecule has 0 bridgehead atoms. The van der Waals surface area contributed by atoms with E-state index < -0.39 is 0 Å². The summed E-state index contributed by atoms with van der Waals surface area (Å²) in [6.45, 7) is 0.675. The van der Waals surface area contributed by atoms with Gasteiger partial charge in [0, 0.05) is 18.9 Å². The number of rotatable bonds is 1. The Morgan fingerprint density at radius 2 is 2.64 bits per heavy atom. The Morgan fingerprint density at radius 1 is 1.73 bits per heavy atom. The summed E-state index contributed by atoms with van der Waals surface area (Å²) in [7, 11) is 0. The van der Waals surface area contributed by atoms with Crippen molar-refractivity contribution in [3.63, 3.8) is 0 Å². The van der Waals surface area contributed by atoms with Gasteiger partial charge in [0.15, 0.2) is 6.39 Å². The van der Waals surface area contributed by atoms with Gasteiger partial charge >= 0.3 is 0 Å². The van der Waals surface area contributed by atoms with Gasteiger partial charge in [-0.3, -0.25) is 4.79 Å². The van der Waals surface area contributed by atoms with Crippen molar-refractivity contribution in [3.8, 4) is 0 Å². The van der Waals surface area contributed by atoms with Crippen molar-refractivity contribution in [2.75, 3.05) is 6.54 Å². The maximum Gasteiger partial charge on any atom is 0.220 e. The van der Waals surface area contributed by atoms with Gasteiger partial charge in [-0.2, -0.15) is 0 Å². The molecule has 0 aromatic carbocycles. The van der Waals surface area contributed by atoms with E-state index in [9.17, 15) is 4.79 Å². The van der Waals surface area contributed by atoms with Crippen molar-refractivity contribution >= 4 is 5.91 Å². The van der Waals surface area contributed by atoms with Crippen LogP contribution in [-0.4, -0.2) is 17.4 Å². The van der Waals surface area contributed by atoms with Crippen LogP contribution < -0.4 is 5.32 Å². The zero-order valence-electron chi connectivity index (χ0n) is 5.91. The minimum atomic E-state index is 0.0893. The number of amides is 1. The van der Waals surface area contributed by atoms with E-state index in [2.05, 4.69) is 10.3 Å². The summed E-state index contributed by atoms with van der Waals surface area (Å²) in [6.07, 6.45) is 3.57. The lowest BCUT2D eigenvalue weighted by Crippen LogP contribution is -2.13. The normalized spacial score (nSPS) is 23.6. The smallest absolute Gasteiger partial charge is 0.220 e. The number of hydrogen-bond acceptors (Lipinski definition) is 3. The molecular weight excluding hydrogens is 144 g/mol. The van der Waals surface area contributed by atoms with E-state index >= 15 is 0 Å². The van der Waals surface area contributed by atoms with E-state index in [1.165, 1.54) is 6.39 Å². The van der Waals surface area contributed by atoms with Crippen molar-refractivity contribution in [2.45, 2.75) is 12.3 Å². The second-order valence-electron chi connectivity index (χ2n) is 2.61. The number of hydrogen-bond donors (Lipinski definition) is 1. The van der Waals surface area contributed by atoms with E-state index in [1.807, 2.05) is 0 Å². The lowest BCUT2D eigenvalue weighted by Gasteiger charge is -1.98. The first-order chi connectivity index (χ1) is 5.36. The highest BCUT2D eigenvalue weighted by Crippen LogP contribution is 2.21. The fraction of sp³-hybridized carbons (Fsp3) is 0.429. The summed E-state index contributed by atoms with van der Waals surface area (Å²) < 4.78 is 5.06. The number of nitrogens with zero attached hydrogens (tertiary/aromatic N) is 1. The van der Waals surface area contributed by atoms with Gasteiger partial charge in [-0.1, -0.05) is 0 Å². The van der Waals surface area contributed by atoms with Crippen LogP contribution in [0.2, 0.25) is 0 Å². The zero-order valence-corrected chi connectivity index (χ0v) is 5.91. The fourth-order valence-electron chi connectivity index (χ4n) is 1.23. The Hall–Kier alpha value is -1.32. The van der Waals surface area contributed by atoms with Crippen molar-refractivity contribution in [1.82, 2.24) is 10.3 Å². The van der Waals surface area contributed by atoms with E-state index in [1.54, 1.807) is 6.20 Å². The molecule has 58 valence electrons. The Balaban J connectivity index is 2.13. The molecule has 1 atom stereocenters. The SMILES string of the molecule is O=C1CC(c2cnco2)CN1. The number of aromatic nitrogens is 1. The summed E-state index contributed by atoms with van der Waals surface area (Å²) in [5, 5.41) is 2.73. The van der Waals surface area contributed by atoms with Crippen LogP contribution >= 0.6 is 0 Å². The molecule has 1 saturated heterocycles. The van der Waals surface area contributed by atoms with Crippen LogP contribution in [0.3, 0.4) is 0 Å². The van der Waals surface area contributed by atoms with E-state index in [0.29, 0.717) is 13.0 Å². The van der Waals surface area contributed by atoms with E-state index in [0.717, 1.165) is 5.76 Å². The molecule has 0 aliphatic carbocycles. The molecule has 0 radical (unpaired) electrons. The first-order valence-electron chi connectivity index (χ1n) is 3.51. The van der Waals surface area contributed by atoms with Gasteiger partial charge in [-0.05, 0) is 0 Å². The summed E-state index contributed by atoms with van der Waals surface area (Å²) in [6, 6.07) is 0. The van der Waals surface area contributed by atoms with Gasteiger partial charge < -0.3 is 9.73 Å². The minimum Gasteiger partial charge on any atom is -0.448 e. The predicted molar refractivity (Wildman–Crippen MR) is 36.9 cm³/mol. The Bertz CT molecular complexity index is 255. The molecule has 1 unspecified atom stereocenters. The van der Waals surface area contributed by atoms with Gasteiger partial charge in [0.2, 0.25) is 5.91 Å². The molecule has 11 heavy (non-hydrogen) atoms. The monoisotopic (exact) mass is 152 g/mol.